The number of nitrogens with zero attached hydrogens (tertiary/aromatic N) is 2. The molecule has 0 aliphatic carbocycles. The summed E-state index contributed by atoms with van der Waals surface area (Å²) in [6.45, 7) is 1.85. The van der Waals surface area contributed by atoms with E-state index in [1.807, 2.05) is 61.5 Å². The minimum atomic E-state index is -0.254. The summed E-state index contributed by atoms with van der Waals surface area (Å²) in [5.74, 6) is -0.106. The third-order valence-electron chi connectivity index (χ3n) is 3.17. The van der Waals surface area contributed by atoms with Gasteiger partial charge >= 0.3 is 0 Å². The van der Waals surface area contributed by atoms with Crippen molar-refractivity contribution in [1.82, 2.24) is 10.2 Å². The van der Waals surface area contributed by atoms with Gasteiger partial charge in [0.1, 0.15) is 5.01 Å². The Bertz CT molecular complexity index is 821. The van der Waals surface area contributed by atoms with Crippen molar-refractivity contribution < 1.29 is 4.79 Å². The first kappa shape index (κ1) is 17.0. The summed E-state index contributed by atoms with van der Waals surface area (Å²) in [6, 6.07) is 17.2. The molecule has 0 bridgehead atoms. The first-order valence-corrected chi connectivity index (χ1v) is 9.31. The summed E-state index contributed by atoms with van der Waals surface area (Å²) in [7, 11) is 0. The molecule has 0 radical (unpaired) electrons. The van der Waals surface area contributed by atoms with Gasteiger partial charge in [-0.3, -0.25) is 10.1 Å². The molecular formula is C17H14ClN3OS2. The molecule has 1 atom stereocenters. The molecule has 0 aliphatic heterocycles. The number of amides is 1. The number of benzene rings is 2. The van der Waals surface area contributed by atoms with E-state index in [4.69, 9.17) is 11.6 Å². The number of halogens is 1. The monoisotopic (exact) mass is 375 g/mol. The van der Waals surface area contributed by atoms with E-state index >= 15 is 0 Å². The predicted molar refractivity (Wildman–Crippen MR) is 101 cm³/mol. The van der Waals surface area contributed by atoms with E-state index in [-0.39, 0.29) is 11.2 Å². The van der Waals surface area contributed by atoms with Crippen LogP contribution < -0.4 is 5.32 Å². The molecule has 1 N–H and O–H groups in total. The standard InChI is InChI=1S/C17H14ClN3OS2/c1-11(23-14-9-7-13(18)8-10-14)15(22)19-17-21-20-16(24-17)12-5-3-2-4-6-12/h2-11H,1H3,(H,19,21,22). The molecule has 122 valence electrons. The van der Waals surface area contributed by atoms with E-state index in [0.717, 1.165) is 15.5 Å². The van der Waals surface area contributed by atoms with Crippen LogP contribution in [0, 0.1) is 0 Å². The third-order valence-corrected chi connectivity index (χ3v) is 5.42. The van der Waals surface area contributed by atoms with E-state index in [0.29, 0.717) is 10.2 Å². The average molecular weight is 376 g/mol. The van der Waals surface area contributed by atoms with Crippen LogP contribution in [0.1, 0.15) is 6.92 Å². The second-order valence-electron chi connectivity index (χ2n) is 4.98. The lowest BCUT2D eigenvalue weighted by Crippen LogP contribution is -2.22. The number of anilines is 1. The van der Waals surface area contributed by atoms with Crippen LogP contribution in [0.15, 0.2) is 59.5 Å². The fourth-order valence-corrected chi connectivity index (χ4v) is 3.69. The maximum Gasteiger partial charge on any atom is 0.239 e. The fourth-order valence-electron chi connectivity index (χ4n) is 1.95. The number of aromatic nitrogens is 2. The van der Waals surface area contributed by atoms with Gasteiger partial charge in [-0.2, -0.15) is 0 Å². The highest BCUT2D eigenvalue weighted by Gasteiger charge is 2.17. The first-order chi connectivity index (χ1) is 11.6. The zero-order valence-electron chi connectivity index (χ0n) is 12.8. The Morgan fingerprint density at radius 2 is 1.83 bits per heavy atom. The van der Waals surface area contributed by atoms with Crippen molar-refractivity contribution in [2.45, 2.75) is 17.1 Å². The van der Waals surface area contributed by atoms with Crippen molar-refractivity contribution >= 4 is 45.7 Å². The number of carbonyl (C=O) groups is 1. The Hall–Kier alpha value is -1.89. The molecule has 1 unspecified atom stereocenters. The molecule has 0 aliphatic rings. The second-order valence-corrected chi connectivity index (χ2v) is 7.81. The summed E-state index contributed by atoms with van der Waals surface area (Å²) in [5.41, 5.74) is 0.985. The van der Waals surface area contributed by atoms with E-state index in [1.165, 1.54) is 23.1 Å². The number of nitrogens with one attached hydrogen (secondary N) is 1. The normalized spacial score (nSPS) is 11.9. The van der Waals surface area contributed by atoms with E-state index < -0.39 is 0 Å². The zero-order chi connectivity index (χ0) is 16.9. The lowest BCUT2D eigenvalue weighted by molar-refractivity contribution is -0.115. The van der Waals surface area contributed by atoms with Gasteiger partial charge in [0, 0.05) is 15.5 Å². The molecule has 1 aromatic heterocycles. The highest BCUT2D eigenvalue weighted by Crippen LogP contribution is 2.28. The van der Waals surface area contributed by atoms with Gasteiger partial charge in [0.25, 0.3) is 0 Å². The van der Waals surface area contributed by atoms with E-state index in [2.05, 4.69) is 15.5 Å². The summed E-state index contributed by atoms with van der Waals surface area (Å²) >= 11 is 8.70. The zero-order valence-corrected chi connectivity index (χ0v) is 15.2. The van der Waals surface area contributed by atoms with Crippen LogP contribution in [-0.2, 0) is 4.79 Å². The maximum absolute atomic E-state index is 12.3. The van der Waals surface area contributed by atoms with Gasteiger partial charge in [0.15, 0.2) is 0 Å². The fraction of sp³-hybridized carbons (Fsp3) is 0.118. The highest BCUT2D eigenvalue weighted by molar-refractivity contribution is 8.00. The van der Waals surface area contributed by atoms with Crippen LogP contribution in [-0.4, -0.2) is 21.4 Å². The van der Waals surface area contributed by atoms with Gasteiger partial charge < -0.3 is 0 Å². The average Bonchev–Trinajstić information content (AvgIpc) is 3.06. The minimum Gasteiger partial charge on any atom is -0.300 e. The second kappa shape index (κ2) is 7.79. The number of thioether (sulfide) groups is 1. The molecule has 7 heteroatoms. The Morgan fingerprint density at radius 3 is 2.54 bits per heavy atom. The van der Waals surface area contributed by atoms with Gasteiger partial charge in [-0.05, 0) is 31.2 Å². The minimum absolute atomic E-state index is 0.106. The lowest BCUT2D eigenvalue weighted by atomic mass is 10.2. The number of carbonyl (C=O) groups excluding carboxylic acids is 1. The molecule has 0 saturated heterocycles. The number of hydrogen-bond donors (Lipinski definition) is 1. The van der Waals surface area contributed by atoms with Crippen molar-refractivity contribution in [2.24, 2.45) is 0 Å². The summed E-state index contributed by atoms with van der Waals surface area (Å²) in [4.78, 5) is 13.3. The first-order valence-electron chi connectivity index (χ1n) is 7.24. The van der Waals surface area contributed by atoms with Crippen molar-refractivity contribution in [3.05, 3.63) is 59.6 Å². The number of hydrogen-bond acceptors (Lipinski definition) is 5. The van der Waals surface area contributed by atoms with Crippen molar-refractivity contribution in [2.75, 3.05) is 5.32 Å². The van der Waals surface area contributed by atoms with E-state index in [9.17, 15) is 4.79 Å². The molecule has 2 aromatic carbocycles. The van der Waals surface area contributed by atoms with Gasteiger partial charge in [-0.15, -0.1) is 22.0 Å². The smallest absolute Gasteiger partial charge is 0.239 e. The van der Waals surface area contributed by atoms with Crippen LogP contribution in [0.3, 0.4) is 0 Å². The van der Waals surface area contributed by atoms with Gasteiger partial charge in [-0.25, -0.2) is 0 Å². The van der Waals surface area contributed by atoms with Gasteiger partial charge in [-0.1, -0.05) is 53.3 Å². The maximum atomic E-state index is 12.3. The van der Waals surface area contributed by atoms with Crippen molar-refractivity contribution in [3.8, 4) is 10.6 Å². The van der Waals surface area contributed by atoms with Crippen LogP contribution in [0.4, 0.5) is 5.13 Å². The van der Waals surface area contributed by atoms with Crippen LogP contribution >= 0.6 is 34.7 Å². The Morgan fingerprint density at radius 1 is 1.12 bits per heavy atom. The molecule has 3 aromatic rings. The van der Waals surface area contributed by atoms with Crippen molar-refractivity contribution in [3.63, 3.8) is 0 Å². The SMILES string of the molecule is CC(Sc1ccc(Cl)cc1)C(=O)Nc1nnc(-c2ccccc2)s1. The number of rotatable bonds is 5. The largest absolute Gasteiger partial charge is 0.300 e. The van der Waals surface area contributed by atoms with Crippen LogP contribution in [0.25, 0.3) is 10.6 Å². The quantitative estimate of drug-likeness (QED) is 0.639. The third kappa shape index (κ3) is 4.35. The Kier molecular flexibility index (Phi) is 5.50. The molecule has 1 amide bonds. The Balaban J connectivity index is 1.62. The summed E-state index contributed by atoms with van der Waals surface area (Å²) < 4.78 is 0. The Labute approximate surface area is 153 Å². The highest BCUT2D eigenvalue weighted by atomic mass is 35.5. The molecule has 0 spiro atoms. The van der Waals surface area contributed by atoms with Crippen LogP contribution in [0.5, 0.6) is 0 Å². The molecule has 0 saturated carbocycles. The molecule has 24 heavy (non-hydrogen) atoms. The van der Waals surface area contributed by atoms with Gasteiger partial charge in [0.05, 0.1) is 5.25 Å². The molecule has 4 nitrogen and oxygen atoms in total. The molecule has 3 rings (SSSR count). The van der Waals surface area contributed by atoms with Crippen LogP contribution in [0.2, 0.25) is 5.02 Å². The van der Waals surface area contributed by atoms with Gasteiger partial charge in [0.2, 0.25) is 11.0 Å². The van der Waals surface area contributed by atoms with Crippen molar-refractivity contribution in [1.29, 1.82) is 0 Å². The summed E-state index contributed by atoms with van der Waals surface area (Å²) in [6.07, 6.45) is 0. The molecular weight excluding hydrogens is 362 g/mol. The predicted octanol–water partition coefficient (Wildman–Crippen LogP) is 4.98. The topological polar surface area (TPSA) is 54.9 Å². The molecule has 0 fully saturated rings. The summed E-state index contributed by atoms with van der Waals surface area (Å²) in [5, 5.41) is 12.7. The lowest BCUT2D eigenvalue weighted by Gasteiger charge is -2.10. The van der Waals surface area contributed by atoms with E-state index in [1.54, 1.807) is 0 Å². The molecule has 1 heterocycles.